The summed E-state index contributed by atoms with van der Waals surface area (Å²) < 4.78 is 11.4. The van der Waals surface area contributed by atoms with Crippen molar-refractivity contribution in [1.82, 2.24) is 5.43 Å². The summed E-state index contributed by atoms with van der Waals surface area (Å²) in [4.78, 5) is 12.4. The van der Waals surface area contributed by atoms with Crippen molar-refractivity contribution >= 4 is 12.1 Å². The van der Waals surface area contributed by atoms with Crippen LogP contribution in [-0.2, 0) is 10.2 Å². The first kappa shape index (κ1) is 19.5. The van der Waals surface area contributed by atoms with Crippen molar-refractivity contribution in [3.63, 3.8) is 0 Å². The molecule has 1 amide bonds. The number of hydrazone groups is 1. The quantitative estimate of drug-likeness (QED) is 0.558. The Balaban J connectivity index is 1.68. The number of phenolic OH excluding ortho intramolecular Hbond substituents is 2. The third-order valence-electron chi connectivity index (χ3n) is 4.48. The molecule has 2 aromatic rings. The second kappa shape index (κ2) is 7.42. The van der Waals surface area contributed by atoms with Crippen LogP contribution < -0.4 is 14.9 Å². The monoisotopic (exact) mass is 384 g/mol. The van der Waals surface area contributed by atoms with Gasteiger partial charge in [0.2, 0.25) is 6.10 Å². The van der Waals surface area contributed by atoms with E-state index < -0.39 is 12.0 Å². The lowest BCUT2D eigenvalue weighted by Gasteiger charge is -2.27. The van der Waals surface area contributed by atoms with Crippen molar-refractivity contribution in [1.29, 1.82) is 0 Å². The maximum absolute atomic E-state index is 12.4. The highest BCUT2D eigenvalue weighted by Crippen LogP contribution is 2.36. The SMILES string of the molecule is Cc1cc(O)cc(O)c1/C=N\NC(=O)C1COc2ccc(C(C)(C)C)cc2O1. The maximum atomic E-state index is 12.4. The number of hydrogen-bond donors (Lipinski definition) is 3. The molecule has 0 bridgehead atoms. The van der Waals surface area contributed by atoms with Crippen LogP contribution in [0.25, 0.3) is 0 Å². The van der Waals surface area contributed by atoms with Gasteiger partial charge in [-0.1, -0.05) is 26.8 Å². The van der Waals surface area contributed by atoms with Crippen molar-refractivity contribution in [2.45, 2.75) is 39.2 Å². The van der Waals surface area contributed by atoms with Crippen LogP contribution in [0.5, 0.6) is 23.0 Å². The molecule has 1 heterocycles. The Labute approximate surface area is 163 Å². The van der Waals surface area contributed by atoms with Gasteiger partial charge in [-0.05, 0) is 41.7 Å². The Bertz CT molecular complexity index is 908. The molecule has 0 spiro atoms. The molecule has 0 saturated carbocycles. The number of nitrogens with one attached hydrogen (secondary N) is 1. The third kappa shape index (κ3) is 4.19. The highest BCUT2D eigenvalue weighted by atomic mass is 16.6. The van der Waals surface area contributed by atoms with Gasteiger partial charge in [0.1, 0.15) is 18.1 Å². The van der Waals surface area contributed by atoms with Gasteiger partial charge in [0, 0.05) is 11.6 Å². The predicted molar refractivity (Wildman–Crippen MR) is 105 cm³/mol. The van der Waals surface area contributed by atoms with Gasteiger partial charge in [0.25, 0.3) is 5.91 Å². The topological polar surface area (TPSA) is 100 Å². The number of amides is 1. The molecule has 7 heteroatoms. The fourth-order valence-electron chi connectivity index (χ4n) is 2.83. The maximum Gasteiger partial charge on any atom is 0.284 e. The van der Waals surface area contributed by atoms with Gasteiger partial charge in [0.15, 0.2) is 11.5 Å². The zero-order valence-electron chi connectivity index (χ0n) is 16.3. The molecule has 148 valence electrons. The second-order valence-corrected chi connectivity index (χ2v) is 7.76. The standard InChI is InChI=1S/C21H24N2O5/c1-12-7-14(24)9-16(25)15(12)10-22-23-20(26)19-11-27-17-6-5-13(21(2,3)4)8-18(17)28-19/h5-10,19,24-25H,11H2,1-4H3,(H,23,26)/b22-10-. The number of carbonyl (C=O) groups excluding carboxylic acids is 1. The van der Waals surface area contributed by atoms with E-state index in [-0.39, 0.29) is 23.5 Å². The summed E-state index contributed by atoms with van der Waals surface area (Å²) in [5.41, 5.74) is 4.44. The minimum atomic E-state index is -0.839. The zero-order chi connectivity index (χ0) is 20.5. The molecule has 1 aliphatic rings. The summed E-state index contributed by atoms with van der Waals surface area (Å²) in [7, 11) is 0. The first-order valence-electron chi connectivity index (χ1n) is 8.94. The van der Waals surface area contributed by atoms with E-state index in [0.29, 0.717) is 22.6 Å². The molecule has 3 N–H and O–H groups in total. The van der Waals surface area contributed by atoms with E-state index in [1.54, 1.807) is 6.92 Å². The lowest BCUT2D eigenvalue weighted by molar-refractivity contribution is -0.130. The van der Waals surface area contributed by atoms with E-state index in [1.807, 2.05) is 18.2 Å². The van der Waals surface area contributed by atoms with Crippen LogP contribution in [0.2, 0.25) is 0 Å². The minimum absolute atomic E-state index is 0.0442. The molecule has 3 rings (SSSR count). The molecule has 0 aromatic heterocycles. The molecule has 7 nitrogen and oxygen atoms in total. The van der Waals surface area contributed by atoms with E-state index >= 15 is 0 Å². The van der Waals surface area contributed by atoms with E-state index in [2.05, 4.69) is 31.3 Å². The number of fused-ring (bicyclic) bond motifs is 1. The van der Waals surface area contributed by atoms with Crippen LogP contribution in [0.1, 0.15) is 37.5 Å². The van der Waals surface area contributed by atoms with Crippen molar-refractivity contribution in [3.05, 3.63) is 47.0 Å². The van der Waals surface area contributed by atoms with Gasteiger partial charge < -0.3 is 19.7 Å². The van der Waals surface area contributed by atoms with Gasteiger partial charge in [-0.25, -0.2) is 5.43 Å². The van der Waals surface area contributed by atoms with E-state index in [9.17, 15) is 15.0 Å². The largest absolute Gasteiger partial charge is 0.508 e. The molecule has 0 radical (unpaired) electrons. The van der Waals surface area contributed by atoms with Crippen molar-refractivity contribution in [2.75, 3.05) is 6.61 Å². The molecule has 1 unspecified atom stereocenters. The molecule has 0 fully saturated rings. The average molecular weight is 384 g/mol. The van der Waals surface area contributed by atoms with Crippen LogP contribution in [0.15, 0.2) is 35.4 Å². The van der Waals surface area contributed by atoms with Gasteiger partial charge in [-0.2, -0.15) is 5.10 Å². The average Bonchev–Trinajstić information content (AvgIpc) is 2.62. The third-order valence-corrected chi connectivity index (χ3v) is 4.48. The molecule has 28 heavy (non-hydrogen) atoms. The van der Waals surface area contributed by atoms with Crippen LogP contribution in [0, 0.1) is 6.92 Å². The van der Waals surface area contributed by atoms with E-state index in [1.165, 1.54) is 18.3 Å². The number of aromatic hydroxyl groups is 2. The Morgan fingerprint density at radius 3 is 2.64 bits per heavy atom. The Morgan fingerprint density at radius 1 is 1.21 bits per heavy atom. The fraction of sp³-hybridized carbons (Fsp3) is 0.333. The summed E-state index contributed by atoms with van der Waals surface area (Å²) in [6, 6.07) is 8.41. The minimum Gasteiger partial charge on any atom is -0.508 e. The van der Waals surface area contributed by atoms with Crippen LogP contribution in [0.3, 0.4) is 0 Å². The van der Waals surface area contributed by atoms with E-state index in [0.717, 1.165) is 5.56 Å². The molecule has 0 aliphatic carbocycles. The summed E-state index contributed by atoms with van der Waals surface area (Å²) in [6.45, 7) is 8.07. The molecule has 1 atom stereocenters. The predicted octanol–water partition coefficient (Wildman–Crippen LogP) is 2.99. The first-order valence-corrected chi connectivity index (χ1v) is 8.94. The molecular formula is C21H24N2O5. The molecule has 0 saturated heterocycles. The van der Waals surface area contributed by atoms with Gasteiger partial charge in [-0.15, -0.1) is 0 Å². The Hall–Kier alpha value is -3.22. The number of carbonyl (C=O) groups is 1. The molecular weight excluding hydrogens is 360 g/mol. The lowest BCUT2D eigenvalue weighted by atomic mass is 9.87. The summed E-state index contributed by atoms with van der Waals surface area (Å²) >= 11 is 0. The number of rotatable bonds is 3. The Morgan fingerprint density at radius 2 is 1.96 bits per heavy atom. The first-order chi connectivity index (χ1) is 13.1. The summed E-state index contributed by atoms with van der Waals surface area (Å²) in [5.74, 6) is 0.493. The number of nitrogens with zero attached hydrogens (tertiary/aromatic N) is 1. The fourth-order valence-corrected chi connectivity index (χ4v) is 2.83. The van der Waals surface area contributed by atoms with Crippen molar-refractivity contribution < 1.29 is 24.5 Å². The van der Waals surface area contributed by atoms with Crippen molar-refractivity contribution in [2.24, 2.45) is 5.10 Å². The lowest BCUT2D eigenvalue weighted by Crippen LogP contribution is -2.42. The summed E-state index contributed by atoms with van der Waals surface area (Å²) in [5, 5.41) is 23.2. The number of benzene rings is 2. The number of hydrogen-bond acceptors (Lipinski definition) is 6. The number of ether oxygens (including phenoxy) is 2. The summed E-state index contributed by atoms with van der Waals surface area (Å²) in [6.07, 6.45) is 0.478. The van der Waals surface area contributed by atoms with Crippen LogP contribution >= 0.6 is 0 Å². The highest BCUT2D eigenvalue weighted by molar-refractivity contribution is 5.88. The van der Waals surface area contributed by atoms with Crippen LogP contribution in [0.4, 0.5) is 0 Å². The Kier molecular flexibility index (Phi) is 5.18. The zero-order valence-corrected chi connectivity index (χ0v) is 16.3. The smallest absolute Gasteiger partial charge is 0.284 e. The van der Waals surface area contributed by atoms with Crippen LogP contribution in [-0.4, -0.2) is 35.0 Å². The normalized spacial score (nSPS) is 16.2. The van der Waals surface area contributed by atoms with E-state index in [4.69, 9.17) is 9.47 Å². The van der Waals surface area contributed by atoms with Gasteiger partial charge in [-0.3, -0.25) is 4.79 Å². The number of aryl methyl sites for hydroxylation is 1. The van der Waals surface area contributed by atoms with Crippen molar-refractivity contribution in [3.8, 4) is 23.0 Å². The number of phenols is 2. The molecule has 1 aliphatic heterocycles. The van der Waals surface area contributed by atoms with Gasteiger partial charge >= 0.3 is 0 Å². The van der Waals surface area contributed by atoms with Gasteiger partial charge in [0.05, 0.1) is 6.21 Å². The highest BCUT2D eigenvalue weighted by Gasteiger charge is 2.28. The molecule has 2 aromatic carbocycles. The second-order valence-electron chi connectivity index (χ2n) is 7.76.